The zero-order valence-electron chi connectivity index (χ0n) is 14.9. The van der Waals surface area contributed by atoms with Gasteiger partial charge in [-0.15, -0.1) is 0 Å². The van der Waals surface area contributed by atoms with Crippen molar-refractivity contribution in [2.45, 2.75) is 77.2 Å². The van der Waals surface area contributed by atoms with Crippen LogP contribution in [0.15, 0.2) is 16.7 Å². The van der Waals surface area contributed by atoms with Crippen LogP contribution in [0.1, 0.15) is 70.0 Å². The lowest BCUT2D eigenvalue weighted by molar-refractivity contribution is 0.391. The third kappa shape index (κ3) is 9.35. The average Bonchev–Trinajstić information content (AvgIpc) is 2.93. The fourth-order valence-corrected chi connectivity index (χ4v) is 2.89. The molecule has 0 fully saturated rings. The minimum absolute atomic E-state index is 0.488. The van der Waals surface area contributed by atoms with Crippen LogP contribution in [0.5, 0.6) is 0 Å². The van der Waals surface area contributed by atoms with Crippen molar-refractivity contribution in [3.05, 3.63) is 22.8 Å². The molecular formula is C18H34N4OS. The molecule has 1 rings (SSSR count). The smallest absolute Gasteiger partial charge is 0.297 e. The first-order valence-corrected chi connectivity index (χ1v) is 9.81. The number of nitrogens with two attached hydrogens (primary N) is 2. The average molecular weight is 355 g/mol. The van der Waals surface area contributed by atoms with Crippen molar-refractivity contribution >= 4 is 12.2 Å². The third-order valence-corrected chi connectivity index (χ3v) is 4.40. The Labute approximate surface area is 151 Å². The molecule has 0 aliphatic heterocycles. The molecule has 24 heavy (non-hydrogen) atoms. The number of hydrogen-bond donors (Lipinski definition) is 2. The summed E-state index contributed by atoms with van der Waals surface area (Å²) in [6.07, 6.45) is 17.1. The van der Waals surface area contributed by atoms with Gasteiger partial charge in [-0.05, 0) is 76.7 Å². The van der Waals surface area contributed by atoms with E-state index < -0.39 is 0 Å². The number of unbranched alkanes of at least 4 members (excludes halogenated alkanes) is 7. The standard InChI is InChI=1S/C18H34N4OS/c19-14-10-8-6-4-2-1-3-5-7-9-13-17-21-23-18(24)22(17)16-12-11-15-20/h2,4H,1,3,5-16,19-20H2/b4-2-. The van der Waals surface area contributed by atoms with Gasteiger partial charge in [0.2, 0.25) is 0 Å². The van der Waals surface area contributed by atoms with Gasteiger partial charge in [-0.25, -0.2) is 0 Å². The largest absolute Gasteiger partial charge is 0.330 e. The second-order valence-corrected chi connectivity index (χ2v) is 6.57. The van der Waals surface area contributed by atoms with E-state index in [0.717, 1.165) is 64.0 Å². The zero-order valence-corrected chi connectivity index (χ0v) is 15.7. The van der Waals surface area contributed by atoms with Crippen LogP contribution in [0.3, 0.4) is 0 Å². The molecule has 0 aliphatic carbocycles. The summed E-state index contributed by atoms with van der Waals surface area (Å²) in [5, 5.41) is 4.11. The number of nitrogens with zero attached hydrogens (tertiary/aromatic N) is 2. The second kappa shape index (κ2) is 14.4. The number of hydrogen-bond acceptors (Lipinski definition) is 5. The summed E-state index contributed by atoms with van der Waals surface area (Å²) >= 11 is 5.20. The maximum absolute atomic E-state index is 5.54. The van der Waals surface area contributed by atoms with Crippen LogP contribution < -0.4 is 11.5 Å². The number of aryl methyl sites for hydroxylation is 1. The maximum Gasteiger partial charge on any atom is 0.297 e. The molecule has 0 unspecified atom stereocenters. The highest BCUT2D eigenvalue weighted by Gasteiger charge is 2.07. The van der Waals surface area contributed by atoms with Crippen molar-refractivity contribution < 1.29 is 4.52 Å². The summed E-state index contributed by atoms with van der Waals surface area (Å²) in [7, 11) is 0. The van der Waals surface area contributed by atoms with Gasteiger partial charge in [0.05, 0.1) is 0 Å². The van der Waals surface area contributed by atoms with Crippen molar-refractivity contribution in [3.8, 4) is 0 Å². The van der Waals surface area contributed by atoms with Gasteiger partial charge in [-0.2, -0.15) is 0 Å². The summed E-state index contributed by atoms with van der Waals surface area (Å²) in [6.45, 7) is 2.39. The fraction of sp³-hybridized carbons (Fsp3) is 0.778. The summed E-state index contributed by atoms with van der Waals surface area (Å²) in [5.41, 5.74) is 11.0. The quantitative estimate of drug-likeness (QED) is 0.281. The van der Waals surface area contributed by atoms with E-state index in [4.69, 9.17) is 28.2 Å². The Morgan fingerprint density at radius 2 is 1.50 bits per heavy atom. The fourth-order valence-electron chi connectivity index (χ4n) is 2.65. The van der Waals surface area contributed by atoms with Crippen LogP contribution >= 0.6 is 12.2 Å². The summed E-state index contributed by atoms with van der Waals surface area (Å²) < 4.78 is 7.18. The van der Waals surface area contributed by atoms with Gasteiger partial charge < -0.3 is 16.0 Å². The molecule has 0 amide bonds. The predicted molar refractivity (Wildman–Crippen MR) is 102 cm³/mol. The topological polar surface area (TPSA) is 83.0 Å². The molecule has 1 heterocycles. The molecule has 6 heteroatoms. The van der Waals surface area contributed by atoms with Crippen molar-refractivity contribution in [2.24, 2.45) is 11.5 Å². The highest BCUT2D eigenvalue weighted by atomic mass is 32.1. The van der Waals surface area contributed by atoms with Crippen LogP contribution in [0.25, 0.3) is 0 Å². The van der Waals surface area contributed by atoms with Crippen molar-refractivity contribution in [3.63, 3.8) is 0 Å². The number of allylic oxidation sites excluding steroid dienone is 2. The minimum Gasteiger partial charge on any atom is -0.330 e. The van der Waals surface area contributed by atoms with E-state index in [2.05, 4.69) is 17.3 Å². The molecule has 0 radical (unpaired) electrons. The zero-order chi connectivity index (χ0) is 17.5. The highest BCUT2D eigenvalue weighted by Crippen LogP contribution is 2.11. The SMILES string of the molecule is NCCCC/C=C\CCCCCCc1noc(=S)n1CCCCN. The first kappa shape index (κ1) is 21.1. The molecule has 0 spiro atoms. The van der Waals surface area contributed by atoms with Gasteiger partial charge in [0, 0.05) is 13.0 Å². The van der Waals surface area contributed by atoms with E-state index in [1.807, 2.05) is 4.57 Å². The Morgan fingerprint density at radius 3 is 2.21 bits per heavy atom. The molecular weight excluding hydrogens is 320 g/mol. The van der Waals surface area contributed by atoms with E-state index >= 15 is 0 Å². The van der Waals surface area contributed by atoms with Gasteiger partial charge in [-0.1, -0.05) is 30.2 Å². The first-order valence-electron chi connectivity index (χ1n) is 9.40. The predicted octanol–water partition coefficient (Wildman–Crippen LogP) is 4.12. The molecule has 1 aromatic heterocycles. The molecule has 4 N–H and O–H groups in total. The molecule has 0 saturated carbocycles. The summed E-state index contributed by atoms with van der Waals surface area (Å²) in [5.74, 6) is 0.983. The Morgan fingerprint density at radius 1 is 0.875 bits per heavy atom. The molecule has 1 aromatic rings. The van der Waals surface area contributed by atoms with E-state index in [-0.39, 0.29) is 0 Å². The van der Waals surface area contributed by atoms with Gasteiger partial charge in [0.1, 0.15) is 0 Å². The second-order valence-electron chi connectivity index (χ2n) is 6.22. The van der Waals surface area contributed by atoms with Crippen LogP contribution in [0, 0.1) is 4.84 Å². The summed E-state index contributed by atoms with van der Waals surface area (Å²) in [4.78, 5) is 0.488. The van der Waals surface area contributed by atoms with E-state index in [0.29, 0.717) is 4.84 Å². The number of aromatic nitrogens is 2. The third-order valence-electron chi connectivity index (χ3n) is 4.11. The molecule has 138 valence electrons. The van der Waals surface area contributed by atoms with Crippen molar-refractivity contribution in [1.82, 2.24) is 9.72 Å². The Hall–Kier alpha value is -0.980. The molecule has 0 aliphatic rings. The Balaban J connectivity index is 2.10. The van der Waals surface area contributed by atoms with E-state index in [1.54, 1.807) is 0 Å². The number of rotatable bonds is 15. The minimum atomic E-state index is 0.488. The van der Waals surface area contributed by atoms with Gasteiger partial charge >= 0.3 is 0 Å². The van der Waals surface area contributed by atoms with Crippen molar-refractivity contribution in [2.75, 3.05) is 13.1 Å². The Kier molecular flexibility index (Phi) is 12.6. The molecule has 5 nitrogen and oxygen atoms in total. The van der Waals surface area contributed by atoms with E-state index in [1.165, 1.54) is 32.1 Å². The Bertz CT molecular complexity index is 495. The lowest BCUT2D eigenvalue weighted by Gasteiger charge is -2.05. The maximum atomic E-state index is 5.54. The highest BCUT2D eigenvalue weighted by molar-refractivity contribution is 7.71. The molecule has 0 bridgehead atoms. The van der Waals surface area contributed by atoms with E-state index in [9.17, 15) is 0 Å². The molecule has 0 aromatic carbocycles. The molecule has 0 saturated heterocycles. The lowest BCUT2D eigenvalue weighted by atomic mass is 10.1. The van der Waals surface area contributed by atoms with Gasteiger partial charge in [-0.3, -0.25) is 4.57 Å². The normalized spacial score (nSPS) is 11.6. The van der Waals surface area contributed by atoms with Crippen LogP contribution in [0.4, 0.5) is 0 Å². The lowest BCUT2D eigenvalue weighted by Crippen LogP contribution is -2.07. The van der Waals surface area contributed by atoms with Crippen LogP contribution in [0.2, 0.25) is 0 Å². The first-order chi connectivity index (χ1) is 11.8. The van der Waals surface area contributed by atoms with Gasteiger partial charge in [0.15, 0.2) is 5.82 Å². The molecule has 0 atom stereocenters. The summed E-state index contributed by atoms with van der Waals surface area (Å²) in [6, 6.07) is 0. The van der Waals surface area contributed by atoms with Crippen LogP contribution in [-0.2, 0) is 13.0 Å². The van der Waals surface area contributed by atoms with Crippen LogP contribution in [-0.4, -0.2) is 22.8 Å². The monoisotopic (exact) mass is 354 g/mol. The van der Waals surface area contributed by atoms with Crippen molar-refractivity contribution in [1.29, 1.82) is 0 Å². The van der Waals surface area contributed by atoms with Gasteiger partial charge in [0.25, 0.3) is 4.84 Å².